The summed E-state index contributed by atoms with van der Waals surface area (Å²) < 4.78 is 55.3. The van der Waals surface area contributed by atoms with Crippen LogP contribution in [0.25, 0.3) is 0 Å². The number of amides is 3. The Bertz CT molecular complexity index is 1000. The molecule has 0 atom stereocenters. The number of carbonyl (C=O) groups excluding carboxylic acids is 3. The molecule has 0 aliphatic carbocycles. The van der Waals surface area contributed by atoms with Crippen molar-refractivity contribution in [3.63, 3.8) is 0 Å². The average Bonchev–Trinajstić information content (AvgIpc) is 2.66. The fraction of sp³-hybridized carbons (Fsp3) is 0.316. The Hall–Kier alpha value is -3.77. The molecule has 3 N–H and O–H groups in total. The number of halogens is 4. The van der Waals surface area contributed by atoms with Crippen LogP contribution in [0.1, 0.15) is 37.0 Å². The van der Waals surface area contributed by atoms with E-state index < -0.39 is 42.0 Å². The highest BCUT2D eigenvalue weighted by atomic mass is 19.4. The molecule has 2 rings (SSSR count). The zero-order valence-electron chi connectivity index (χ0n) is 17.1. The van der Waals surface area contributed by atoms with E-state index in [-0.39, 0.29) is 22.8 Å². The van der Waals surface area contributed by atoms with Gasteiger partial charge in [0.15, 0.2) is 0 Å². The van der Waals surface area contributed by atoms with Gasteiger partial charge in [-0.15, -0.1) is 0 Å². The average molecular weight is 457 g/mol. The molecule has 172 valence electrons. The van der Waals surface area contributed by atoms with Gasteiger partial charge >= 0.3 is 18.2 Å². The molecule has 0 saturated carbocycles. The Morgan fingerprint density at radius 2 is 1.69 bits per heavy atom. The predicted octanol–water partition coefficient (Wildman–Crippen LogP) is 3.39. The second kappa shape index (κ2) is 9.58. The molecule has 0 spiro atoms. The molecule has 0 unspecified atom stereocenters. The van der Waals surface area contributed by atoms with Crippen LogP contribution in [-0.2, 0) is 16.1 Å². The summed E-state index contributed by atoms with van der Waals surface area (Å²) in [6, 6.07) is 3.22. The van der Waals surface area contributed by atoms with Gasteiger partial charge in [-0.25, -0.2) is 14.2 Å². The molecular formula is C19H19F4N5O4. The SMILES string of the molecule is CC(C)(C)OC(=O)Nc1cc(F)ccc1NC(=O)c1cnc(CNC(=O)C(F)(F)F)cn1. The number of nitrogens with one attached hydrogen (secondary N) is 3. The maximum absolute atomic E-state index is 13.6. The van der Waals surface area contributed by atoms with Crippen molar-refractivity contribution in [1.82, 2.24) is 15.3 Å². The molecule has 0 fully saturated rings. The smallest absolute Gasteiger partial charge is 0.444 e. The lowest BCUT2D eigenvalue weighted by Crippen LogP contribution is -2.36. The number of nitrogens with zero attached hydrogens (tertiary/aromatic N) is 2. The maximum atomic E-state index is 13.6. The molecule has 0 saturated heterocycles. The number of benzene rings is 1. The van der Waals surface area contributed by atoms with Crippen molar-refractivity contribution in [3.8, 4) is 0 Å². The van der Waals surface area contributed by atoms with Crippen molar-refractivity contribution in [1.29, 1.82) is 0 Å². The Balaban J connectivity index is 2.07. The molecule has 0 bridgehead atoms. The predicted molar refractivity (Wildman–Crippen MR) is 104 cm³/mol. The zero-order valence-corrected chi connectivity index (χ0v) is 17.1. The lowest BCUT2D eigenvalue weighted by molar-refractivity contribution is -0.173. The fourth-order valence-electron chi connectivity index (χ4n) is 2.16. The summed E-state index contributed by atoms with van der Waals surface area (Å²) in [7, 11) is 0. The summed E-state index contributed by atoms with van der Waals surface area (Å²) in [5.41, 5.74) is -1.09. The third-order valence-electron chi connectivity index (χ3n) is 3.49. The van der Waals surface area contributed by atoms with Crippen LogP contribution in [0.5, 0.6) is 0 Å². The minimum absolute atomic E-state index is 0.0202. The molecule has 13 heteroatoms. The van der Waals surface area contributed by atoms with Gasteiger partial charge in [-0.1, -0.05) is 0 Å². The van der Waals surface area contributed by atoms with Crippen molar-refractivity contribution >= 4 is 29.3 Å². The number of ether oxygens (including phenoxy) is 1. The Kier molecular flexibility index (Phi) is 7.33. The van der Waals surface area contributed by atoms with Crippen LogP contribution in [0.15, 0.2) is 30.6 Å². The van der Waals surface area contributed by atoms with Gasteiger partial charge in [0, 0.05) is 0 Å². The summed E-state index contributed by atoms with van der Waals surface area (Å²) in [5.74, 6) is -3.61. The van der Waals surface area contributed by atoms with E-state index in [4.69, 9.17) is 4.74 Å². The maximum Gasteiger partial charge on any atom is 0.471 e. The first-order valence-corrected chi connectivity index (χ1v) is 9.01. The minimum Gasteiger partial charge on any atom is -0.444 e. The number of aromatic nitrogens is 2. The lowest BCUT2D eigenvalue weighted by atomic mass is 10.2. The van der Waals surface area contributed by atoms with E-state index in [1.54, 1.807) is 26.1 Å². The summed E-state index contributed by atoms with van der Waals surface area (Å²) in [6.07, 6.45) is -3.91. The van der Waals surface area contributed by atoms with Crippen LogP contribution in [0.4, 0.5) is 33.7 Å². The van der Waals surface area contributed by atoms with E-state index in [1.165, 1.54) is 6.07 Å². The van der Waals surface area contributed by atoms with Crippen molar-refractivity contribution in [2.75, 3.05) is 10.6 Å². The van der Waals surface area contributed by atoms with Crippen LogP contribution in [0, 0.1) is 5.82 Å². The zero-order chi connectivity index (χ0) is 24.1. The highest BCUT2D eigenvalue weighted by Gasteiger charge is 2.38. The van der Waals surface area contributed by atoms with Gasteiger partial charge in [0.25, 0.3) is 5.91 Å². The minimum atomic E-state index is -5.03. The number of alkyl halides is 3. The molecule has 0 radical (unpaired) electrons. The summed E-state index contributed by atoms with van der Waals surface area (Å²) in [5, 5.41) is 6.36. The van der Waals surface area contributed by atoms with E-state index in [9.17, 15) is 31.9 Å². The highest BCUT2D eigenvalue weighted by molar-refractivity contribution is 6.05. The molecule has 0 aliphatic heterocycles. The molecule has 1 heterocycles. The van der Waals surface area contributed by atoms with Gasteiger partial charge in [-0.2, -0.15) is 13.2 Å². The van der Waals surface area contributed by atoms with E-state index in [0.717, 1.165) is 24.5 Å². The first kappa shape index (κ1) is 24.5. The summed E-state index contributed by atoms with van der Waals surface area (Å²) >= 11 is 0. The molecule has 32 heavy (non-hydrogen) atoms. The summed E-state index contributed by atoms with van der Waals surface area (Å²) in [6.45, 7) is 4.36. The van der Waals surface area contributed by atoms with Gasteiger partial charge in [-0.3, -0.25) is 19.9 Å². The number of carbonyl (C=O) groups is 3. The van der Waals surface area contributed by atoms with Gasteiger partial charge in [0.1, 0.15) is 17.1 Å². The lowest BCUT2D eigenvalue weighted by Gasteiger charge is -2.20. The van der Waals surface area contributed by atoms with Crippen LogP contribution in [0.2, 0.25) is 0 Å². The second-order valence-electron chi connectivity index (χ2n) is 7.34. The standard InChI is InChI=1S/C19H19F4N5O4/c1-18(2,3)32-17(31)28-13-6-10(20)4-5-12(13)27-15(29)14-9-24-11(7-25-14)8-26-16(30)19(21,22)23/h4-7,9H,8H2,1-3H3,(H,26,30)(H,27,29)(H,28,31). The van der Waals surface area contributed by atoms with E-state index in [2.05, 4.69) is 20.6 Å². The molecule has 1 aromatic carbocycles. The van der Waals surface area contributed by atoms with Crippen molar-refractivity contribution in [2.45, 2.75) is 39.1 Å². The van der Waals surface area contributed by atoms with E-state index in [0.29, 0.717) is 0 Å². The largest absolute Gasteiger partial charge is 0.471 e. The van der Waals surface area contributed by atoms with Crippen LogP contribution < -0.4 is 16.0 Å². The van der Waals surface area contributed by atoms with Gasteiger partial charge in [0.05, 0.1) is 36.0 Å². The number of hydrogen-bond acceptors (Lipinski definition) is 6. The first-order chi connectivity index (χ1) is 14.7. The Morgan fingerprint density at radius 3 is 2.25 bits per heavy atom. The highest BCUT2D eigenvalue weighted by Crippen LogP contribution is 2.24. The Morgan fingerprint density at radius 1 is 1.00 bits per heavy atom. The third kappa shape index (κ3) is 7.49. The second-order valence-corrected chi connectivity index (χ2v) is 7.34. The molecule has 0 aliphatic rings. The van der Waals surface area contributed by atoms with Crippen LogP contribution in [0.3, 0.4) is 0 Å². The molecule has 1 aromatic heterocycles. The molecule has 3 amide bonds. The van der Waals surface area contributed by atoms with Crippen molar-refractivity contribution < 1.29 is 36.7 Å². The number of hydrogen-bond donors (Lipinski definition) is 3. The molecular weight excluding hydrogens is 438 g/mol. The number of anilines is 2. The van der Waals surface area contributed by atoms with Gasteiger partial charge < -0.3 is 15.4 Å². The van der Waals surface area contributed by atoms with Crippen molar-refractivity contribution in [2.24, 2.45) is 0 Å². The van der Waals surface area contributed by atoms with Gasteiger partial charge in [0.2, 0.25) is 0 Å². The van der Waals surface area contributed by atoms with Crippen LogP contribution in [-0.4, -0.2) is 39.7 Å². The first-order valence-electron chi connectivity index (χ1n) is 9.01. The fourth-order valence-corrected chi connectivity index (χ4v) is 2.16. The van der Waals surface area contributed by atoms with E-state index >= 15 is 0 Å². The quantitative estimate of drug-likeness (QED) is 0.592. The molecule has 2 aromatic rings. The number of rotatable bonds is 5. The molecule has 9 nitrogen and oxygen atoms in total. The van der Waals surface area contributed by atoms with Crippen molar-refractivity contribution in [3.05, 3.63) is 47.8 Å². The van der Waals surface area contributed by atoms with Crippen LogP contribution >= 0.6 is 0 Å². The van der Waals surface area contributed by atoms with Gasteiger partial charge in [-0.05, 0) is 39.0 Å². The summed E-state index contributed by atoms with van der Waals surface area (Å²) in [4.78, 5) is 42.7. The normalized spacial score (nSPS) is 11.5. The monoisotopic (exact) mass is 457 g/mol. The Labute approximate surface area is 179 Å². The topological polar surface area (TPSA) is 122 Å². The third-order valence-corrected chi connectivity index (χ3v) is 3.49. The van der Waals surface area contributed by atoms with E-state index in [1.807, 2.05) is 0 Å².